The number of nitrogens with zero attached hydrogens (tertiary/aromatic N) is 4. The molecule has 0 radical (unpaired) electrons. The number of rotatable bonds is 7. The molecule has 2 aromatic heterocycles. The Morgan fingerprint density at radius 3 is 2.67 bits per heavy atom. The minimum absolute atomic E-state index is 0.0380. The van der Waals surface area contributed by atoms with Crippen molar-refractivity contribution in [3.05, 3.63) is 52.8 Å². The van der Waals surface area contributed by atoms with Crippen molar-refractivity contribution in [2.75, 3.05) is 13.1 Å². The van der Waals surface area contributed by atoms with Crippen LogP contribution in [0.3, 0.4) is 0 Å². The Morgan fingerprint density at radius 2 is 1.92 bits per heavy atom. The van der Waals surface area contributed by atoms with E-state index in [9.17, 15) is 18.0 Å². The lowest BCUT2D eigenvalue weighted by molar-refractivity contribution is -0.357. The number of hydrogen-bond acceptors (Lipinski definition) is 8. The molecule has 1 amide bonds. The summed E-state index contributed by atoms with van der Waals surface area (Å²) in [6.45, 7) is 1.23. The molecular formula is C23H23ClF3N5O4. The Bertz CT molecular complexity index is 1230. The lowest BCUT2D eigenvalue weighted by atomic mass is 9.92. The Balaban J connectivity index is 1.06. The molecule has 2 aliphatic rings. The molecule has 1 saturated carbocycles. The molecule has 1 N–H and O–H groups in total. The quantitative estimate of drug-likeness (QED) is 0.485. The standard InChI is InChI=1S/C23H23ClF3N5O4/c24-15-2-4-18-14(9-15)1-3-19(28-18)21(33)31-32-7-5-13(6-8-32)22-30-29-20(35-22)12-34-16-10-17(11-16)36-23(25,26)27/h1-4,9,13,16-17H,5-8,10-12H2,(H,31,33). The van der Waals surface area contributed by atoms with Gasteiger partial charge in [0.1, 0.15) is 12.3 Å². The summed E-state index contributed by atoms with van der Waals surface area (Å²) in [5.74, 6) is 0.517. The molecule has 0 unspecified atom stereocenters. The normalized spacial score (nSPS) is 21.4. The van der Waals surface area contributed by atoms with E-state index in [-0.39, 0.29) is 43.3 Å². The van der Waals surface area contributed by atoms with Crippen molar-refractivity contribution in [1.82, 2.24) is 25.6 Å². The Hall–Kier alpha value is -2.80. The minimum atomic E-state index is -4.63. The Kier molecular flexibility index (Phi) is 7.11. The van der Waals surface area contributed by atoms with E-state index >= 15 is 0 Å². The number of halogens is 4. The number of alkyl halides is 3. The van der Waals surface area contributed by atoms with Crippen LogP contribution in [0.15, 0.2) is 34.7 Å². The maximum absolute atomic E-state index is 12.7. The fraction of sp³-hybridized carbons (Fsp3) is 0.478. The number of ether oxygens (including phenoxy) is 2. The van der Waals surface area contributed by atoms with Gasteiger partial charge in [0.05, 0.1) is 17.7 Å². The zero-order valence-electron chi connectivity index (χ0n) is 19.0. The van der Waals surface area contributed by atoms with Crippen molar-refractivity contribution >= 4 is 28.4 Å². The number of fused-ring (bicyclic) bond motifs is 1. The van der Waals surface area contributed by atoms with Gasteiger partial charge in [-0.15, -0.1) is 23.4 Å². The van der Waals surface area contributed by atoms with Gasteiger partial charge in [0.15, 0.2) is 0 Å². The molecule has 0 bridgehead atoms. The van der Waals surface area contributed by atoms with Crippen LogP contribution in [-0.2, 0) is 16.1 Å². The van der Waals surface area contributed by atoms with E-state index in [1.807, 2.05) is 11.1 Å². The van der Waals surface area contributed by atoms with Crippen molar-refractivity contribution in [2.24, 2.45) is 0 Å². The molecule has 1 aromatic carbocycles. The molecule has 5 rings (SSSR count). The number of pyridine rings is 1. The maximum Gasteiger partial charge on any atom is 0.522 e. The second kappa shape index (κ2) is 10.3. The Labute approximate surface area is 208 Å². The molecule has 3 aromatic rings. The molecule has 1 aliphatic carbocycles. The van der Waals surface area contributed by atoms with Gasteiger partial charge in [0, 0.05) is 42.3 Å². The highest BCUT2D eigenvalue weighted by atomic mass is 35.5. The van der Waals surface area contributed by atoms with Crippen LogP contribution in [0, 0.1) is 0 Å². The van der Waals surface area contributed by atoms with Gasteiger partial charge in [-0.05, 0) is 37.1 Å². The first-order valence-corrected chi connectivity index (χ1v) is 11.9. The zero-order valence-corrected chi connectivity index (χ0v) is 19.8. The second-order valence-electron chi connectivity index (χ2n) is 8.86. The first kappa shape index (κ1) is 24.9. The molecular weight excluding hydrogens is 503 g/mol. The zero-order chi connectivity index (χ0) is 25.3. The summed E-state index contributed by atoms with van der Waals surface area (Å²) in [6, 6.07) is 8.77. The highest BCUT2D eigenvalue weighted by Gasteiger charge is 2.40. The number of carbonyl (C=O) groups is 1. The number of amides is 1. The monoisotopic (exact) mass is 525 g/mol. The third kappa shape index (κ3) is 6.12. The summed E-state index contributed by atoms with van der Waals surface area (Å²) in [7, 11) is 0. The molecule has 1 aliphatic heterocycles. The molecule has 36 heavy (non-hydrogen) atoms. The highest BCUT2D eigenvalue weighted by Crippen LogP contribution is 2.33. The van der Waals surface area contributed by atoms with Gasteiger partial charge in [-0.2, -0.15) is 0 Å². The summed E-state index contributed by atoms with van der Waals surface area (Å²) in [4.78, 5) is 17.1. The van der Waals surface area contributed by atoms with Crippen LogP contribution >= 0.6 is 11.6 Å². The van der Waals surface area contributed by atoms with Crippen LogP contribution in [-0.4, -0.2) is 57.8 Å². The third-order valence-electron chi connectivity index (χ3n) is 6.26. The number of aromatic nitrogens is 3. The fourth-order valence-electron chi connectivity index (χ4n) is 4.28. The predicted molar refractivity (Wildman–Crippen MR) is 121 cm³/mol. The van der Waals surface area contributed by atoms with E-state index in [0.29, 0.717) is 48.1 Å². The largest absolute Gasteiger partial charge is 0.522 e. The number of carbonyl (C=O) groups excluding carboxylic acids is 1. The lowest BCUT2D eigenvalue weighted by Crippen LogP contribution is -2.46. The van der Waals surface area contributed by atoms with E-state index in [1.165, 1.54) is 0 Å². The SMILES string of the molecule is O=C(NN1CCC(c2nnc(COC3CC(OC(F)(F)F)C3)o2)CC1)c1ccc2cc(Cl)ccc2n1. The summed E-state index contributed by atoms with van der Waals surface area (Å²) in [5, 5.41) is 11.4. The van der Waals surface area contributed by atoms with Crippen LogP contribution in [0.2, 0.25) is 5.02 Å². The van der Waals surface area contributed by atoms with Gasteiger partial charge in [0.2, 0.25) is 11.8 Å². The van der Waals surface area contributed by atoms with Crippen LogP contribution in [0.1, 0.15) is 53.9 Å². The Morgan fingerprint density at radius 1 is 1.14 bits per heavy atom. The smallest absolute Gasteiger partial charge is 0.422 e. The van der Waals surface area contributed by atoms with Gasteiger partial charge in [-0.25, -0.2) is 9.99 Å². The summed E-state index contributed by atoms with van der Waals surface area (Å²) in [6.07, 6.45) is -4.07. The van der Waals surface area contributed by atoms with E-state index in [1.54, 1.807) is 24.3 Å². The van der Waals surface area contributed by atoms with Gasteiger partial charge >= 0.3 is 6.36 Å². The van der Waals surface area contributed by atoms with Crippen molar-refractivity contribution < 1.29 is 31.9 Å². The van der Waals surface area contributed by atoms with Crippen LogP contribution < -0.4 is 5.43 Å². The van der Waals surface area contributed by atoms with Gasteiger partial charge in [-0.1, -0.05) is 17.7 Å². The second-order valence-corrected chi connectivity index (χ2v) is 9.30. The summed E-state index contributed by atoms with van der Waals surface area (Å²) in [5.41, 5.74) is 3.89. The van der Waals surface area contributed by atoms with Crippen molar-refractivity contribution in [3.8, 4) is 0 Å². The predicted octanol–water partition coefficient (Wildman–Crippen LogP) is 4.38. The molecule has 3 heterocycles. The number of hydrogen-bond donors (Lipinski definition) is 1. The minimum Gasteiger partial charge on any atom is -0.422 e. The molecule has 2 fully saturated rings. The van der Waals surface area contributed by atoms with Crippen molar-refractivity contribution in [2.45, 2.75) is 56.8 Å². The summed E-state index contributed by atoms with van der Waals surface area (Å²) >= 11 is 6.00. The average molecular weight is 526 g/mol. The number of hydrazine groups is 1. The molecule has 1 saturated heterocycles. The highest BCUT2D eigenvalue weighted by molar-refractivity contribution is 6.31. The van der Waals surface area contributed by atoms with Crippen molar-refractivity contribution in [3.63, 3.8) is 0 Å². The topological polar surface area (TPSA) is 103 Å². The van der Waals surface area contributed by atoms with Gasteiger partial charge < -0.3 is 9.15 Å². The van der Waals surface area contributed by atoms with Crippen LogP contribution in [0.4, 0.5) is 13.2 Å². The van der Waals surface area contributed by atoms with Gasteiger partial charge in [0.25, 0.3) is 5.91 Å². The van der Waals surface area contributed by atoms with E-state index < -0.39 is 12.5 Å². The van der Waals surface area contributed by atoms with Crippen LogP contribution in [0.5, 0.6) is 0 Å². The molecule has 0 atom stereocenters. The number of benzene rings is 1. The molecule has 192 valence electrons. The van der Waals surface area contributed by atoms with E-state index in [4.69, 9.17) is 20.8 Å². The summed E-state index contributed by atoms with van der Waals surface area (Å²) < 4.78 is 51.7. The van der Waals surface area contributed by atoms with E-state index in [2.05, 4.69) is 25.3 Å². The maximum atomic E-state index is 12.7. The first-order chi connectivity index (χ1) is 17.2. The average Bonchev–Trinajstić information content (AvgIpc) is 3.29. The first-order valence-electron chi connectivity index (χ1n) is 11.5. The fourth-order valence-corrected chi connectivity index (χ4v) is 4.46. The molecule has 0 spiro atoms. The number of nitrogens with one attached hydrogen (secondary N) is 1. The number of piperidine rings is 1. The van der Waals surface area contributed by atoms with E-state index in [0.717, 1.165) is 5.39 Å². The molecule has 9 nitrogen and oxygen atoms in total. The van der Waals surface area contributed by atoms with Gasteiger partial charge in [-0.3, -0.25) is 15.0 Å². The lowest BCUT2D eigenvalue weighted by Gasteiger charge is -2.34. The third-order valence-corrected chi connectivity index (χ3v) is 6.50. The molecule has 13 heteroatoms. The van der Waals surface area contributed by atoms with Crippen LogP contribution in [0.25, 0.3) is 10.9 Å². The van der Waals surface area contributed by atoms with Crippen molar-refractivity contribution in [1.29, 1.82) is 0 Å².